The van der Waals surface area contributed by atoms with Gasteiger partial charge in [-0.2, -0.15) is 4.98 Å². The van der Waals surface area contributed by atoms with E-state index in [4.69, 9.17) is 27.9 Å². The Hall–Kier alpha value is -0.740. The second-order valence-electron chi connectivity index (χ2n) is 5.09. The van der Waals surface area contributed by atoms with Crippen molar-refractivity contribution in [1.82, 2.24) is 9.97 Å². The number of halogens is 2. The smallest absolute Gasteiger partial charge is 0.318 e. The lowest BCUT2D eigenvalue weighted by Gasteiger charge is -2.31. The van der Waals surface area contributed by atoms with Gasteiger partial charge < -0.3 is 10.1 Å². The van der Waals surface area contributed by atoms with Gasteiger partial charge in [0.05, 0.1) is 13.3 Å². The lowest BCUT2D eigenvalue weighted by molar-refractivity contribution is 0.333. The van der Waals surface area contributed by atoms with Crippen molar-refractivity contribution in [3.05, 3.63) is 11.2 Å². The summed E-state index contributed by atoms with van der Waals surface area (Å²) in [6.45, 7) is 6.43. The molecule has 0 bridgehead atoms. The number of aromatic nitrogens is 2. The van der Waals surface area contributed by atoms with Gasteiger partial charge in [-0.3, -0.25) is 0 Å². The molecule has 1 atom stereocenters. The normalized spacial score (nSPS) is 13.2. The minimum Gasteiger partial charge on any atom is -0.467 e. The quantitative estimate of drug-likeness (QED) is 0.842. The third-order valence-corrected chi connectivity index (χ3v) is 3.15. The molecule has 6 heteroatoms. The first-order chi connectivity index (χ1) is 8.38. The Morgan fingerprint density at radius 2 is 2.11 bits per heavy atom. The van der Waals surface area contributed by atoms with Crippen LogP contribution < -0.4 is 10.1 Å². The fourth-order valence-electron chi connectivity index (χ4n) is 1.55. The van der Waals surface area contributed by atoms with Crippen molar-refractivity contribution in [2.75, 3.05) is 18.3 Å². The van der Waals surface area contributed by atoms with Gasteiger partial charge >= 0.3 is 6.01 Å². The lowest BCUT2D eigenvalue weighted by Crippen LogP contribution is -2.34. The lowest BCUT2D eigenvalue weighted by atomic mass is 9.85. The van der Waals surface area contributed by atoms with Crippen LogP contribution in [-0.2, 0) is 0 Å². The van der Waals surface area contributed by atoms with Gasteiger partial charge in [0.15, 0.2) is 5.82 Å². The summed E-state index contributed by atoms with van der Waals surface area (Å²) >= 11 is 11.9. The van der Waals surface area contributed by atoms with Crippen LogP contribution in [0.4, 0.5) is 5.82 Å². The number of hydrogen-bond donors (Lipinski definition) is 1. The summed E-state index contributed by atoms with van der Waals surface area (Å²) in [5.74, 6) is 1.16. The number of nitrogens with zero attached hydrogens (tertiary/aromatic N) is 2. The monoisotopic (exact) mass is 291 g/mol. The van der Waals surface area contributed by atoms with E-state index in [2.05, 4.69) is 36.1 Å². The number of hydrogen-bond acceptors (Lipinski definition) is 4. The van der Waals surface area contributed by atoms with E-state index >= 15 is 0 Å². The molecule has 0 fully saturated rings. The highest BCUT2D eigenvalue weighted by atomic mass is 35.5. The minimum absolute atomic E-state index is 0.0520. The van der Waals surface area contributed by atoms with E-state index in [-0.39, 0.29) is 11.5 Å². The van der Waals surface area contributed by atoms with Crippen LogP contribution in [0.5, 0.6) is 6.01 Å². The fourth-order valence-corrected chi connectivity index (χ4v) is 1.91. The Balaban J connectivity index is 2.92. The minimum atomic E-state index is 0.0520. The van der Waals surface area contributed by atoms with Crippen molar-refractivity contribution in [3.63, 3.8) is 0 Å². The molecule has 0 aromatic carbocycles. The van der Waals surface area contributed by atoms with Crippen molar-refractivity contribution in [2.45, 2.75) is 33.2 Å². The van der Waals surface area contributed by atoms with Gasteiger partial charge in [-0.25, -0.2) is 4.98 Å². The molecule has 1 unspecified atom stereocenters. The molecular weight excluding hydrogens is 273 g/mol. The first-order valence-corrected chi connectivity index (χ1v) is 6.68. The summed E-state index contributed by atoms with van der Waals surface area (Å²) in [4.78, 5) is 8.15. The zero-order valence-electron chi connectivity index (χ0n) is 11.1. The number of ether oxygens (including phenoxy) is 1. The van der Waals surface area contributed by atoms with E-state index in [9.17, 15) is 0 Å². The number of alkyl halides is 1. The van der Waals surface area contributed by atoms with Crippen LogP contribution in [0, 0.1) is 5.41 Å². The zero-order chi connectivity index (χ0) is 13.8. The van der Waals surface area contributed by atoms with Gasteiger partial charge in [-0.05, 0) is 11.8 Å². The zero-order valence-corrected chi connectivity index (χ0v) is 12.6. The highest BCUT2D eigenvalue weighted by Gasteiger charge is 2.25. The van der Waals surface area contributed by atoms with Crippen LogP contribution in [-0.4, -0.2) is 29.0 Å². The summed E-state index contributed by atoms with van der Waals surface area (Å²) in [6, 6.07) is 0.465. The Labute approximate surface area is 118 Å². The molecule has 1 aromatic heterocycles. The van der Waals surface area contributed by atoms with Gasteiger partial charge in [-0.15, -0.1) is 11.6 Å². The molecule has 1 N–H and O–H groups in total. The fraction of sp³-hybridized carbons (Fsp3) is 0.667. The number of anilines is 1. The predicted octanol–water partition coefficient (Wildman–Crippen LogP) is 3.59. The molecule has 0 aliphatic heterocycles. The van der Waals surface area contributed by atoms with Crippen LogP contribution in [0.1, 0.15) is 27.2 Å². The van der Waals surface area contributed by atoms with E-state index in [1.54, 1.807) is 0 Å². The van der Waals surface area contributed by atoms with Crippen LogP contribution in [0.15, 0.2) is 6.20 Å². The molecular formula is C12H19Cl2N3O. The van der Waals surface area contributed by atoms with E-state index in [0.717, 1.165) is 6.42 Å². The third-order valence-electron chi connectivity index (χ3n) is 2.66. The maximum absolute atomic E-state index is 6.07. The maximum Gasteiger partial charge on any atom is 0.318 e. The highest BCUT2D eigenvalue weighted by molar-refractivity contribution is 6.32. The van der Waals surface area contributed by atoms with Crippen LogP contribution in [0.2, 0.25) is 5.02 Å². The number of methoxy groups -OCH3 is 1. The number of nitrogens with one attached hydrogen (secondary N) is 1. The Morgan fingerprint density at radius 3 is 2.61 bits per heavy atom. The van der Waals surface area contributed by atoms with E-state index in [1.807, 2.05) is 0 Å². The molecule has 0 spiro atoms. The Kier molecular flexibility index (Phi) is 5.47. The van der Waals surface area contributed by atoms with Gasteiger partial charge in [-0.1, -0.05) is 32.4 Å². The largest absolute Gasteiger partial charge is 0.467 e. The maximum atomic E-state index is 6.07. The first-order valence-electron chi connectivity index (χ1n) is 5.77. The molecule has 0 radical (unpaired) electrons. The van der Waals surface area contributed by atoms with Gasteiger partial charge in [0.1, 0.15) is 5.02 Å². The standard InChI is InChI=1S/C12H19Cl2N3O/c1-12(2,3)9(5-6-13)16-10-8(14)7-15-11(17-10)18-4/h7,9H,5-6H2,1-4H3,(H,15,16,17). The molecule has 0 saturated heterocycles. The second-order valence-corrected chi connectivity index (χ2v) is 5.88. The van der Waals surface area contributed by atoms with Crippen molar-refractivity contribution >= 4 is 29.0 Å². The molecule has 1 rings (SSSR count). The summed E-state index contributed by atoms with van der Waals surface area (Å²) in [5.41, 5.74) is 0.0520. The first kappa shape index (κ1) is 15.3. The molecule has 18 heavy (non-hydrogen) atoms. The summed E-state index contributed by atoms with van der Waals surface area (Å²) in [7, 11) is 1.52. The van der Waals surface area contributed by atoms with Crippen molar-refractivity contribution in [2.24, 2.45) is 5.41 Å². The summed E-state index contributed by atoms with van der Waals surface area (Å²) in [5, 5.41) is 3.79. The summed E-state index contributed by atoms with van der Waals surface area (Å²) in [6.07, 6.45) is 2.35. The Bertz CT molecular complexity index is 393. The van der Waals surface area contributed by atoms with Crippen LogP contribution >= 0.6 is 23.2 Å². The number of rotatable bonds is 5. The van der Waals surface area contributed by atoms with E-state index in [1.165, 1.54) is 13.3 Å². The molecule has 4 nitrogen and oxygen atoms in total. The highest BCUT2D eigenvalue weighted by Crippen LogP contribution is 2.28. The molecule has 0 amide bonds. The molecule has 1 aromatic rings. The average Bonchev–Trinajstić information content (AvgIpc) is 2.30. The van der Waals surface area contributed by atoms with Crippen molar-refractivity contribution < 1.29 is 4.74 Å². The molecule has 102 valence electrons. The average molecular weight is 292 g/mol. The van der Waals surface area contributed by atoms with Crippen LogP contribution in [0.25, 0.3) is 0 Å². The topological polar surface area (TPSA) is 47.0 Å². The molecule has 0 saturated carbocycles. The summed E-state index contributed by atoms with van der Waals surface area (Å²) < 4.78 is 4.99. The third kappa shape index (κ3) is 4.18. The molecule has 0 aliphatic rings. The van der Waals surface area contributed by atoms with Crippen LogP contribution in [0.3, 0.4) is 0 Å². The van der Waals surface area contributed by atoms with E-state index < -0.39 is 0 Å². The molecule has 1 heterocycles. The van der Waals surface area contributed by atoms with Gasteiger partial charge in [0.25, 0.3) is 0 Å². The van der Waals surface area contributed by atoms with Gasteiger partial charge in [0, 0.05) is 11.9 Å². The van der Waals surface area contributed by atoms with Gasteiger partial charge in [0.2, 0.25) is 0 Å². The Morgan fingerprint density at radius 1 is 1.44 bits per heavy atom. The molecule has 0 aliphatic carbocycles. The predicted molar refractivity (Wildman–Crippen MR) is 75.8 cm³/mol. The second kappa shape index (κ2) is 6.43. The SMILES string of the molecule is COc1ncc(Cl)c(NC(CCCl)C(C)(C)C)n1. The van der Waals surface area contributed by atoms with Crippen molar-refractivity contribution in [1.29, 1.82) is 0 Å². The van der Waals surface area contributed by atoms with Crippen molar-refractivity contribution in [3.8, 4) is 6.01 Å². The van der Waals surface area contributed by atoms with E-state index in [0.29, 0.717) is 22.7 Å².